The van der Waals surface area contributed by atoms with Crippen LogP contribution in [0.5, 0.6) is 0 Å². The van der Waals surface area contributed by atoms with Crippen LogP contribution in [0.2, 0.25) is 0 Å². The molecule has 1 aliphatic rings. The van der Waals surface area contributed by atoms with Crippen LogP contribution in [0, 0.1) is 5.41 Å². The molecule has 0 aliphatic carbocycles. The zero-order chi connectivity index (χ0) is 24.9. The summed E-state index contributed by atoms with van der Waals surface area (Å²) >= 11 is 0. The number of nitrogens with one attached hydrogen (secondary N) is 2. The average Bonchev–Trinajstić information content (AvgIpc) is 3.21. The molecule has 2 N–H and O–H groups in total. The smallest absolute Gasteiger partial charge is 0.333 e. The molecular weight excluding hydrogens is 441 g/mol. The number of benzene rings is 2. The van der Waals surface area contributed by atoms with Gasteiger partial charge in [-0.05, 0) is 42.6 Å². The molecule has 0 bridgehead atoms. The summed E-state index contributed by atoms with van der Waals surface area (Å²) in [5.74, 6) is 0. The highest BCUT2D eigenvalue weighted by atomic mass is 19.4. The second kappa shape index (κ2) is 10.8. The summed E-state index contributed by atoms with van der Waals surface area (Å²) in [6, 6.07) is 14.8. The maximum Gasteiger partial charge on any atom is 0.416 e. The quantitative estimate of drug-likeness (QED) is 0.559. The molecule has 186 valence electrons. The molecule has 1 saturated heterocycles. The number of carbonyl (C=O) groups is 1. The monoisotopic (exact) mass is 476 g/mol. The van der Waals surface area contributed by atoms with E-state index in [-0.39, 0.29) is 17.1 Å². The molecule has 2 aromatic carbocycles. The highest BCUT2D eigenvalue weighted by molar-refractivity contribution is 5.89. The molecule has 34 heavy (non-hydrogen) atoms. The van der Waals surface area contributed by atoms with Crippen molar-refractivity contribution in [3.05, 3.63) is 65.7 Å². The SMILES string of the molecule is CN(C[C@@H](NC(=O)Nc1cccc(C(F)(F)F)c1)C(C)(C)C)C1CCN(Cc2ccccc2)C1. The Hall–Kier alpha value is -2.58. The molecule has 2 amide bonds. The number of anilines is 1. The fraction of sp³-hybridized carbons (Fsp3) is 0.500. The number of likely N-dealkylation sites (tertiary alicyclic amines) is 1. The lowest BCUT2D eigenvalue weighted by molar-refractivity contribution is -0.137. The Labute approximate surface area is 200 Å². The maximum atomic E-state index is 13.0. The van der Waals surface area contributed by atoms with Gasteiger partial charge in [0.05, 0.1) is 5.56 Å². The molecule has 1 unspecified atom stereocenters. The number of halogens is 3. The van der Waals surface area contributed by atoms with Crippen LogP contribution < -0.4 is 10.6 Å². The van der Waals surface area contributed by atoms with Crippen molar-refractivity contribution < 1.29 is 18.0 Å². The van der Waals surface area contributed by atoms with Crippen LogP contribution >= 0.6 is 0 Å². The van der Waals surface area contributed by atoms with E-state index in [0.717, 1.165) is 38.2 Å². The Morgan fingerprint density at radius 1 is 1.12 bits per heavy atom. The van der Waals surface area contributed by atoms with Gasteiger partial charge in [0.15, 0.2) is 0 Å². The number of nitrogens with zero attached hydrogens (tertiary/aromatic N) is 2. The Balaban J connectivity index is 1.57. The van der Waals surface area contributed by atoms with Crippen molar-refractivity contribution in [1.29, 1.82) is 0 Å². The van der Waals surface area contributed by atoms with E-state index in [2.05, 4.69) is 51.7 Å². The summed E-state index contributed by atoms with van der Waals surface area (Å²) in [7, 11) is 2.07. The molecule has 5 nitrogen and oxygen atoms in total. The molecule has 2 atom stereocenters. The number of hydrogen-bond donors (Lipinski definition) is 2. The lowest BCUT2D eigenvalue weighted by atomic mass is 9.86. The van der Waals surface area contributed by atoms with Gasteiger partial charge < -0.3 is 15.5 Å². The molecular formula is C26H35F3N4O. The van der Waals surface area contributed by atoms with E-state index in [4.69, 9.17) is 0 Å². The van der Waals surface area contributed by atoms with Gasteiger partial charge in [0.2, 0.25) is 0 Å². The average molecular weight is 477 g/mol. The van der Waals surface area contributed by atoms with E-state index in [0.29, 0.717) is 12.6 Å². The number of rotatable bonds is 7. The Morgan fingerprint density at radius 3 is 2.47 bits per heavy atom. The number of urea groups is 1. The minimum atomic E-state index is -4.46. The summed E-state index contributed by atoms with van der Waals surface area (Å²) in [5, 5.41) is 5.54. The highest BCUT2D eigenvalue weighted by Gasteiger charge is 2.33. The maximum absolute atomic E-state index is 13.0. The van der Waals surface area contributed by atoms with Crippen molar-refractivity contribution in [1.82, 2.24) is 15.1 Å². The molecule has 0 radical (unpaired) electrons. The topological polar surface area (TPSA) is 47.6 Å². The van der Waals surface area contributed by atoms with Crippen LogP contribution in [-0.4, -0.2) is 54.6 Å². The van der Waals surface area contributed by atoms with Crippen molar-refractivity contribution in [3.8, 4) is 0 Å². The second-order valence-electron chi connectivity index (χ2n) is 10.2. The lowest BCUT2D eigenvalue weighted by Gasteiger charge is -2.36. The van der Waals surface area contributed by atoms with Gasteiger partial charge in [-0.1, -0.05) is 57.2 Å². The van der Waals surface area contributed by atoms with Gasteiger partial charge in [0.1, 0.15) is 0 Å². The zero-order valence-corrected chi connectivity index (χ0v) is 20.3. The van der Waals surface area contributed by atoms with Crippen LogP contribution in [0.25, 0.3) is 0 Å². The molecule has 1 aliphatic heterocycles. The molecule has 1 fully saturated rings. The molecule has 2 aromatic rings. The van der Waals surface area contributed by atoms with Crippen LogP contribution in [0.1, 0.15) is 38.3 Å². The fourth-order valence-corrected chi connectivity index (χ4v) is 4.23. The Morgan fingerprint density at radius 2 is 1.82 bits per heavy atom. The van der Waals surface area contributed by atoms with Gasteiger partial charge in [-0.15, -0.1) is 0 Å². The van der Waals surface area contributed by atoms with Gasteiger partial charge in [0.25, 0.3) is 0 Å². The molecule has 0 spiro atoms. The van der Waals surface area contributed by atoms with Crippen molar-refractivity contribution in [2.45, 2.75) is 52.0 Å². The van der Waals surface area contributed by atoms with E-state index in [1.54, 1.807) is 0 Å². The van der Waals surface area contributed by atoms with E-state index in [9.17, 15) is 18.0 Å². The summed E-state index contributed by atoms with van der Waals surface area (Å²) < 4.78 is 38.9. The fourth-order valence-electron chi connectivity index (χ4n) is 4.23. The lowest BCUT2D eigenvalue weighted by Crippen LogP contribution is -2.53. The molecule has 0 saturated carbocycles. The first-order valence-electron chi connectivity index (χ1n) is 11.6. The Kier molecular flexibility index (Phi) is 8.25. The van der Waals surface area contributed by atoms with E-state index < -0.39 is 17.8 Å². The third-order valence-corrected chi connectivity index (χ3v) is 6.39. The van der Waals surface area contributed by atoms with Crippen LogP contribution in [0.15, 0.2) is 54.6 Å². The Bertz CT molecular complexity index is 943. The molecule has 0 aromatic heterocycles. The van der Waals surface area contributed by atoms with Crippen molar-refractivity contribution >= 4 is 11.7 Å². The summed E-state index contributed by atoms with van der Waals surface area (Å²) in [6.07, 6.45) is -3.41. The zero-order valence-electron chi connectivity index (χ0n) is 20.3. The number of amides is 2. The summed E-state index contributed by atoms with van der Waals surface area (Å²) in [6.45, 7) is 9.69. The van der Waals surface area contributed by atoms with Crippen LogP contribution in [0.3, 0.4) is 0 Å². The van der Waals surface area contributed by atoms with E-state index >= 15 is 0 Å². The molecule has 3 rings (SSSR count). The van der Waals surface area contributed by atoms with Crippen LogP contribution in [-0.2, 0) is 12.7 Å². The van der Waals surface area contributed by atoms with E-state index in [1.165, 1.54) is 17.7 Å². The van der Waals surface area contributed by atoms with E-state index in [1.807, 2.05) is 26.8 Å². The molecule has 8 heteroatoms. The van der Waals surface area contributed by atoms with Gasteiger partial charge in [-0.3, -0.25) is 4.90 Å². The summed E-state index contributed by atoms with van der Waals surface area (Å²) in [5.41, 5.74) is 0.382. The highest BCUT2D eigenvalue weighted by Crippen LogP contribution is 2.30. The largest absolute Gasteiger partial charge is 0.416 e. The third-order valence-electron chi connectivity index (χ3n) is 6.39. The first-order chi connectivity index (χ1) is 15.9. The number of carbonyl (C=O) groups excluding carboxylic acids is 1. The van der Waals surface area contributed by atoms with Crippen LogP contribution in [0.4, 0.5) is 23.7 Å². The first-order valence-corrected chi connectivity index (χ1v) is 11.6. The van der Waals surface area contributed by atoms with Crippen molar-refractivity contribution in [2.24, 2.45) is 5.41 Å². The third kappa shape index (κ3) is 7.46. The van der Waals surface area contributed by atoms with Crippen molar-refractivity contribution in [3.63, 3.8) is 0 Å². The number of alkyl halides is 3. The van der Waals surface area contributed by atoms with Crippen molar-refractivity contribution in [2.75, 3.05) is 32.0 Å². The second-order valence-corrected chi connectivity index (χ2v) is 10.2. The van der Waals surface area contributed by atoms with Gasteiger partial charge in [-0.25, -0.2) is 4.79 Å². The van der Waals surface area contributed by atoms with Gasteiger partial charge >= 0.3 is 12.2 Å². The molecule has 1 heterocycles. The van der Waals surface area contributed by atoms with Gasteiger partial charge in [-0.2, -0.15) is 13.2 Å². The minimum absolute atomic E-state index is 0.112. The number of hydrogen-bond acceptors (Lipinski definition) is 3. The normalized spacial score (nSPS) is 18.2. The predicted octanol–water partition coefficient (Wildman–Crippen LogP) is 5.45. The minimum Gasteiger partial charge on any atom is -0.333 e. The predicted molar refractivity (Wildman–Crippen MR) is 130 cm³/mol. The van der Waals surface area contributed by atoms with Gasteiger partial charge in [0, 0.05) is 44.0 Å². The standard InChI is InChI=1S/C26H35F3N4O/c1-25(2,3)23(31-24(34)30-21-12-8-11-20(15-21)26(27,28)29)18-32(4)22-13-14-33(17-22)16-19-9-6-5-7-10-19/h5-12,15,22-23H,13-14,16-18H2,1-4H3,(H2,30,31,34)/t22?,23-/m1/s1. The summed E-state index contributed by atoms with van der Waals surface area (Å²) in [4.78, 5) is 17.4. The first kappa shape index (κ1) is 26.0. The number of likely N-dealkylation sites (N-methyl/N-ethyl adjacent to an activating group) is 1.